The summed E-state index contributed by atoms with van der Waals surface area (Å²) in [4.78, 5) is 12.9. The van der Waals surface area contributed by atoms with E-state index in [0.717, 1.165) is 6.07 Å². The molecule has 0 bridgehead atoms. The van der Waals surface area contributed by atoms with Gasteiger partial charge in [-0.25, -0.2) is 0 Å². The van der Waals surface area contributed by atoms with Crippen LogP contribution in [-0.4, -0.2) is 17.3 Å². The van der Waals surface area contributed by atoms with Crippen molar-refractivity contribution in [2.75, 3.05) is 7.11 Å². The highest BCUT2D eigenvalue weighted by molar-refractivity contribution is 5.88. The largest absolute Gasteiger partial charge is 0.508 e. The average Bonchev–Trinajstić information content (AvgIpc) is 2.54. The minimum absolute atomic E-state index is 0.0609. The van der Waals surface area contributed by atoms with Gasteiger partial charge in [-0.15, -0.1) is 0 Å². The van der Waals surface area contributed by atoms with Crippen molar-refractivity contribution in [1.29, 1.82) is 0 Å². The Morgan fingerprint density at radius 2 is 1.83 bits per heavy atom. The van der Waals surface area contributed by atoms with Gasteiger partial charge >= 0.3 is 0 Å². The number of phenolic OH excluding ortho intramolecular Hbond substituents is 2. The SMILES string of the molecule is CCc1oc2cc(O)cc(O)c2c(=O)c1-c1ccc(OC)cc1. The smallest absolute Gasteiger partial charge is 0.204 e. The first-order valence-electron chi connectivity index (χ1n) is 7.21. The lowest BCUT2D eigenvalue weighted by molar-refractivity contribution is 0.415. The van der Waals surface area contributed by atoms with Crippen molar-refractivity contribution in [2.24, 2.45) is 0 Å². The zero-order valence-corrected chi connectivity index (χ0v) is 12.8. The van der Waals surface area contributed by atoms with Gasteiger partial charge in [-0.05, 0) is 17.7 Å². The third-order valence-electron chi connectivity index (χ3n) is 3.73. The average molecular weight is 312 g/mol. The zero-order valence-electron chi connectivity index (χ0n) is 12.8. The molecule has 3 rings (SSSR count). The molecule has 0 atom stereocenters. The summed E-state index contributed by atoms with van der Waals surface area (Å²) in [7, 11) is 1.57. The molecule has 0 radical (unpaired) electrons. The monoisotopic (exact) mass is 312 g/mol. The Labute approximate surface area is 132 Å². The molecule has 0 spiro atoms. The second-order valence-corrected chi connectivity index (χ2v) is 5.15. The summed E-state index contributed by atoms with van der Waals surface area (Å²) < 4.78 is 10.9. The van der Waals surface area contributed by atoms with Gasteiger partial charge in [0, 0.05) is 18.6 Å². The fourth-order valence-corrected chi connectivity index (χ4v) is 2.63. The van der Waals surface area contributed by atoms with Gasteiger partial charge in [-0.1, -0.05) is 19.1 Å². The van der Waals surface area contributed by atoms with Gasteiger partial charge < -0.3 is 19.4 Å². The van der Waals surface area contributed by atoms with Crippen LogP contribution in [0.4, 0.5) is 0 Å². The maximum atomic E-state index is 12.9. The predicted molar refractivity (Wildman–Crippen MR) is 87.2 cm³/mol. The first kappa shape index (κ1) is 15.0. The summed E-state index contributed by atoms with van der Waals surface area (Å²) >= 11 is 0. The van der Waals surface area contributed by atoms with E-state index < -0.39 is 0 Å². The third-order valence-corrected chi connectivity index (χ3v) is 3.73. The number of fused-ring (bicyclic) bond motifs is 1. The lowest BCUT2D eigenvalue weighted by Gasteiger charge is -2.10. The van der Waals surface area contributed by atoms with Crippen LogP contribution in [0, 0.1) is 0 Å². The van der Waals surface area contributed by atoms with E-state index in [-0.39, 0.29) is 27.9 Å². The molecule has 5 heteroatoms. The fraction of sp³-hybridized carbons (Fsp3) is 0.167. The van der Waals surface area contributed by atoms with Crippen LogP contribution in [0.2, 0.25) is 0 Å². The van der Waals surface area contributed by atoms with Gasteiger partial charge in [-0.3, -0.25) is 4.79 Å². The number of rotatable bonds is 3. The Bertz CT molecular complexity index is 923. The highest BCUT2D eigenvalue weighted by Gasteiger charge is 2.18. The van der Waals surface area contributed by atoms with Crippen LogP contribution in [0.3, 0.4) is 0 Å². The number of aryl methyl sites for hydroxylation is 1. The molecule has 0 saturated heterocycles. The number of benzene rings is 2. The molecule has 23 heavy (non-hydrogen) atoms. The minimum Gasteiger partial charge on any atom is -0.508 e. The van der Waals surface area contributed by atoms with Gasteiger partial charge in [0.15, 0.2) is 0 Å². The summed E-state index contributed by atoms with van der Waals surface area (Å²) in [6.07, 6.45) is 0.503. The Morgan fingerprint density at radius 1 is 1.13 bits per heavy atom. The number of aromatic hydroxyl groups is 2. The second kappa shape index (κ2) is 5.68. The molecule has 1 heterocycles. The Morgan fingerprint density at radius 3 is 2.43 bits per heavy atom. The van der Waals surface area contributed by atoms with Crippen LogP contribution in [0.1, 0.15) is 12.7 Å². The molecule has 0 fully saturated rings. The van der Waals surface area contributed by atoms with E-state index in [2.05, 4.69) is 0 Å². The molecule has 118 valence electrons. The second-order valence-electron chi connectivity index (χ2n) is 5.15. The number of ether oxygens (including phenoxy) is 1. The van der Waals surface area contributed by atoms with Crippen LogP contribution in [0.5, 0.6) is 17.2 Å². The molecule has 0 unspecified atom stereocenters. The first-order valence-corrected chi connectivity index (χ1v) is 7.21. The van der Waals surface area contributed by atoms with Crippen LogP contribution in [0.25, 0.3) is 22.1 Å². The summed E-state index contributed by atoms with van der Waals surface area (Å²) in [6, 6.07) is 9.52. The molecule has 2 aromatic carbocycles. The van der Waals surface area contributed by atoms with Gasteiger partial charge in [0.25, 0.3) is 0 Å². The summed E-state index contributed by atoms with van der Waals surface area (Å²) in [6.45, 7) is 1.87. The van der Waals surface area contributed by atoms with E-state index in [1.807, 2.05) is 6.92 Å². The highest BCUT2D eigenvalue weighted by atomic mass is 16.5. The van der Waals surface area contributed by atoms with Crippen molar-refractivity contribution < 1.29 is 19.4 Å². The van der Waals surface area contributed by atoms with E-state index in [1.54, 1.807) is 31.4 Å². The summed E-state index contributed by atoms with van der Waals surface area (Å²) in [5.74, 6) is 0.728. The standard InChI is InChI=1S/C18H16O5/c1-3-14-16(10-4-6-12(22-2)7-5-10)18(21)17-13(20)8-11(19)9-15(17)23-14/h4-9,19-20H,3H2,1-2H3. The zero-order chi connectivity index (χ0) is 16.6. The van der Waals surface area contributed by atoms with E-state index in [1.165, 1.54) is 6.07 Å². The van der Waals surface area contributed by atoms with Crippen LogP contribution in [-0.2, 0) is 6.42 Å². The van der Waals surface area contributed by atoms with Crippen molar-refractivity contribution in [3.05, 3.63) is 52.4 Å². The molecule has 1 aromatic heterocycles. The lowest BCUT2D eigenvalue weighted by atomic mass is 10.0. The van der Waals surface area contributed by atoms with E-state index in [4.69, 9.17) is 9.15 Å². The normalized spacial score (nSPS) is 10.9. The molecule has 5 nitrogen and oxygen atoms in total. The van der Waals surface area contributed by atoms with Crippen molar-refractivity contribution in [3.8, 4) is 28.4 Å². The molecule has 2 N–H and O–H groups in total. The number of hydrogen-bond donors (Lipinski definition) is 2. The van der Waals surface area contributed by atoms with Gasteiger partial charge in [0.2, 0.25) is 5.43 Å². The van der Waals surface area contributed by atoms with Gasteiger partial charge in [-0.2, -0.15) is 0 Å². The third kappa shape index (κ3) is 2.50. The molecule has 0 aliphatic heterocycles. The van der Waals surface area contributed by atoms with E-state index >= 15 is 0 Å². The van der Waals surface area contributed by atoms with Crippen molar-refractivity contribution >= 4 is 11.0 Å². The van der Waals surface area contributed by atoms with Crippen LogP contribution >= 0.6 is 0 Å². The summed E-state index contributed by atoms with van der Waals surface area (Å²) in [5, 5.41) is 19.6. The van der Waals surface area contributed by atoms with Crippen LogP contribution in [0.15, 0.2) is 45.6 Å². The number of methoxy groups -OCH3 is 1. The fourth-order valence-electron chi connectivity index (χ4n) is 2.63. The molecule has 0 saturated carbocycles. The van der Waals surface area contributed by atoms with Crippen LogP contribution < -0.4 is 10.2 Å². The number of phenols is 2. The quantitative estimate of drug-likeness (QED) is 0.774. The van der Waals surface area contributed by atoms with Crippen molar-refractivity contribution in [2.45, 2.75) is 13.3 Å². The van der Waals surface area contributed by atoms with Crippen molar-refractivity contribution in [1.82, 2.24) is 0 Å². The Balaban J connectivity index is 2.35. The van der Waals surface area contributed by atoms with Crippen molar-refractivity contribution in [3.63, 3.8) is 0 Å². The maximum Gasteiger partial charge on any atom is 0.204 e. The minimum atomic E-state index is -0.328. The Hall–Kier alpha value is -2.95. The Kier molecular flexibility index (Phi) is 3.70. The van der Waals surface area contributed by atoms with E-state index in [9.17, 15) is 15.0 Å². The molecule has 0 aliphatic rings. The molecule has 3 aromatic rings. The number of hydrogen-bond acceptors (Lipinski definition) is 5. The lowest BCUT2D eigenvalue weighted by Crippen LogP contribution is -2.09. The molecular formula is C18H16O5. The predicted octanol–water partition coefficient (Wildman–Crippen LogP) is 3.44. The van der Waals surface area contributed by atoms with Gasteiger partial charge in [0.1, 0.15) is 34.0 Å². The maximum absolute atomic E-state index is 12.9. The molecule has 0 amide bonds. The van der Waals surface area contributed by atoms with Gasteiger partial charge in [0.05, 0.1) is 12.7 Å². The topological polar surface area (TPSA) is 79.9 Å². The molecule has 0 aliphatic carbocycles. The first-order chi connectivity index (χ1) is 11.0. The summed E-state index contributed by atoms with van der Waals surface area (Å²) in [5.41, 5.74) is 0.932. The molecular weight excluding hydrogens is 296 g/mol. The van der Waals surface area contributed by atoms with E-state index in [0.29, 0.717) is 29.1 Å². The highest BCUT2D eigenvalue weighted by Crippen LogP contribution is 2.32.